The molecule has 1 aliphatic heterocycles. The average molecular weight is 482 g/mol. The van der Waals surface area contributed by atoms with Gasteiger partial charge in [0.2, 0.25) is 5.13 Å². The van der Waals surface area contributed by atoms with E-state index in [2.05, 4.69) is 20.6 Å². The van der Waals surface area contributed by atoms with Crippen LogP contribution in [0.1, 0.15) is 24.0 Å². The smallest absolute Gasteiger partial charge is 0.253 e. The first-order valence-corrected chi connectivity index (χ1v) is 11.8. The molecule has 1 atom stereocenters. The van der Waals surface area contributed by atoms with E-state index < -0.39 is 0 Å². The van der Waals surface area contributed by atoms with Crippen LogP contribution in [0, 0.1) is 0 Å². The molecule has 3 aromatic heterocycles. The second-order valence-electron chi connectivity index (χ2n) is 7.02. The Balaban J connectivity index is 1.25. The predicted octanol–water partition coefficient (Wildman–Crippen LogP) is 4.95. The van der Waals surface area contributed by atoms with Gasteiger partial charge < -0.3 is 18.9 Å². The number of hydrogen-bond donors (Lipinski definition) is 1. The number of ether oxygens (including phenoxy) is 1. The summed E-state index contributed by atoms with van der Waals surface area (Å²) >= 11 is 2.69. The minimum atomic E-state index is -0.312. The summed E-state index contributed by atoms with van der Waals surface area (Å²) in [4.78, 5) is 13.1. The van der Waals surface area contributed by atoms with Crippen molar-refractivity contribution in [2.75, 3.05) is 18.2 Å². The molecule has 0 aliphatic carbocycles. The summed E-state index contributed by atoms with van der Waals surface area (Å²) in [7, 11) is 1.62. The van der Waals surface area contributed by atoms with Crippen LogP contribution < -0.4 is 10.1 Å². The maximum atomic E-state index is 13.1. The van der Waals surface area contributed by atoms with Gasteiger partial charge in [-0.05, 0) is 36.4 Å². The molecule has 0 spiro atoms. The zero-order valence-corrected chi connectivity index (χ0v) is 19.1. The SMILES string of the molecule is COc1cccc(Nc2nnc(SCC(=O)N3N=C(c4ccco4)CC3c3ccco3)s2)c1. The third-order valence-corrected chi connectivity index (χ3v) is 6.85. The normalized spacial score (nSPS) is 15.5. The first kappa shape index (κ1) is 21.3. The summed E-state index contributed by atoms with van der Waals surface area (Å²) in [5, 5.41) is 18.2. The summed E-state index contributed by atoms with van der Waals surface area (Å²) in [5.41, 5.74) is 1.55. The maximum absolute atomic E-state index is 13.1. The van der Waals surface area contributed by atoms with Crippen LogP contribution in [0.5, 0.6) is 5.75 Å². The van der Waals surface area contributed by atoms with Crippen molar-refractivity contribution >= 4 is 45.5 Å². The topological polar surface area (TPSA) is 106 Å². The summed E-state index contributed by atoms with van der Waals surface area (Å²) in [6.45, 7) is 0. The predicted molar refractivity (Wildman–Crippen MR) is 125 cm³/mol. The fourth-order valence-electron chi connectivity index (χ4n) is 3.37. The number of hydrogen-bond acceptors (Lipinski definition) is 10. The molecule has 0 fully saturated rings. The van der Waals surface area contributed by atoms with Gasteiger partial charge in [0.25, 0.3) is 5.91 Å². The number of nitrogens with one attached hydrogen (secondary N) is 1. The second-order valence-corrected chi connectivity index (χ2v) is 9.22. The zero-order valence-electron chi connectivity index (χ0n) is 17.5. The van der Waals surface area contributed by atoms with Gasteiger partial charge in [-0.3, -0.25) is 4.79 Å². The highest BCUT2D eigenvalue weighted by molar-refractivity contribution is 8.01. The molecule has 9 nitrogen and oxygen atoms in total. The van der Waals surface area contributed by atoms with Crippen LogP contribution in [-0.4, -0.2) is 39.7 Å². The van der Waals surface area contributed by atoms with Gasteiger partial charge in [-0.15, -0.1) is 10.2 Å². The number of anilines is 2. The van der Waals surface area contributed by atoms with E-state index in [-0.39, 0.29) is 17.7 Å². The quantitative estimate of drug-likeness (QED) is 0.353. The highest BCUT2D eigenvalue weighted by Crippen LogP contribution is 2.35. The van der Waals surface area contributed by atoms with E-state index in [1.54, 1.807) is 31.8 Å². The molecule has 0 saturated heterocycles. The van der Waals surface area contributed by atoms with E-state index in [1.807, 2.05) is 36.4 Å². The molecule has 1 amide bonds. The van der Waals surface area contributed by atoms with Crippen molar-refractivity contribution < 1.29 is 18.4 Å². The molecule has 168 valence electrons. The lowest BCUT2D eigenvalue weighted by atomic mass is 10.1. The molecule has 0 saturated carbocycles. The summed E-state index contributed by atoms with van der Waals surface area (Å²) in [6.07, 6.45) is 3.70. The number of carbonyl (C=O) groups excluding carboxylic acids is 1. The van der Waals surface area contributed by atoms with Gasteiger partial charge in [-0.25, -0.2) is 5.01 Å². The monoisotopic (exact) mass is 481 g/mol. The number of furan rings is 2. The van der Waals surface area contributed by atoms with Crippen molar-refractivity contribution in [1.82, 2.24) is 15.2 Å². The lowest BCUT2D eigenvalue weighted by Crippen LogP contribution is -2.28. The van der Waals surface area contributed by atoms with Gasteiger partial charge in [0.15, 0.2) is 4.34 Å². The molecule has 4 aromatic rings. The van der Waals surface area contributed by atoms with Gasteiger partial charge >= 0.3 is 0 Å². The van der Waals surface area contributed by atoms with E-state index in [0.717, 1.165) is 11.4 Å². The van der Waals surface area contributed by atoms with Crippen molar-refractivity contribution in [1.29, 1.82) is 0 Å². The molecule has 4 heterocycles. The van der Waals surface area contributed by atoms with Crippen molar-refractivity contribution in [3.8, 4) is 5.75 Å². The van der Waals surface area contributed by atoms with Crippen LogP contribution in [0.15, 0.2) is 79.3 Å². The third-order valence-electron chi connectivity index (χ3n) is 4.89. The van der Waals surface area contributed by atoms with E-state index in [1.165, 1.54) is 28.1 Å². The molecule has 0 bridgehead atoms. The van der Waals surface area contributed by atoms with Gasteiger partial charge in [0.1, 0.15) is 29.0 Å². The third kappa shape index (κ3) is 4.78. The van der Waals surface area contributed by atoms with Gasteiger partial charge in [0, 0.05) is 18.2 Å². The molecular formula is C22H19N5O4S2. The highest BCUT2D eigenvalue weighted by Gasteiger charge is 2.35. The highest BCUT2D eigenvalue weighted by atomic mass is 32.2. The second kappa shape index (κ2) is 9.51. The standard InChI is InChI=1S/C22H19N5O4S2/c1-29-15-6-2-5-14(11-15)23-21-24-25-22(33-21)32-13-20(28)27-17(19-8-4-10-31-19)12-16(26-27)18-7-3-9-30-18/h2-11,17H,12-13H2,1H3,(H,23,24). The molecule has 1 aliphatic rings. The van der Waals surface area contributed by atoms with E-state index in [9.17, 15) is 4.79 Å². The van der Waals surface area contributed by atoms with Crippen molar-refractivity contribution in [2.45, 2.75) is 16.8 Å². The number of benzene rings is 1. The first-order valence-electron chi connectivity index (χ1n) is 10.0. The number of nitrogens with zero attached hydrogens (tertiary/aromatic N) is 4. The zero-order chi connectivity index (χ0) is 22.6. The minimum absolute atomic E-state index is 0.152. The Morgan fingerprint density at radius 1 is 1.21 bits per heavy atom. The minimum Gasteiger partial charge on any atom is -0.497 e. The van der Waals surface area contributed by atoms with Gasteiger partial charge in [-0.1, -0.05) is 29.2 Å². The number of thioether (sulfide) groups is 1. The van der Waals surface area contributed by atoms with E-state index in [0.29, 0.717) is 33.1 Å². The average Bonchev–Trinajstić information content (AvgIpc) is 3.63. The van der Waals surface area contributed by atoms with Crippen molar-refractivity contribution in [3.05, 3.63) is 72.6 Å². The van der Waals surface area contributed by atoms with Crippen LogP contribution in [0.25, 0.3) is 0 Å². The van der Waals surface area contributed by atoms with E-state index >= 15 is 0 Å². The fourth-order valence-corrected chi connectivity index (χ4v) is 4.99. The Hall–Kier alpha value is -3.57. The van der Waals surface area contributed by atoms with Crippen LogP contribution in [0.3, 0.4) is 0 Å². The Kier molecular flexibility index (Phi) is 6.13. The molecule has 1 aromatic carbocycles. The molecule has 1 unspecified atom stereocenters. The Bertz CT molecular complexity index is 1250. The van der Waals surface area contributed by atoms with E-state index in [4.69, 9.17) is 13.6 Å². The molecule has 1 N–H and O–H groups in total. The number of rotatable bonds is 8. The van der Waals surface area contributed by atoms with Gasteiger partial charge in [0.05, 0.1) is 25.4 Å². The van der Waals surface area contributed by atoms with Crippen LogP contribution >= 0.6 is 23.1 Å². The Labute approximate surface area is 197 Å². The van der Waals surface area contributed by atoms with Crippen molar-refractivity contribution in [2.24, 2.45) is 5.10 Å². The van der Waals surface area contributed by atoms with Crippen LogP contribution in [0.4, 0.5) is 10.8 Å². The summed E-state index contributed by atoms with van der Waals surface area (Å²) in [6, 6.07) is 14.5. The summed E-state index contributed by atoms with van der Waals surface area (Å²) < 4.78 is 16.9. The molecule has 5 rings (SSSR count). The summed E-state index contributed by atoms with van der Waals surface area (Å²) in [5.74, 6) is 2.09. The van der Waals surface area contributed by atoms with Gasteiger partial charge in [-0.2, -0.15) is 5.10 Å². The number of methoxy groups -OCH3 is 1. The maximum Gasteiger partial charge on any atom is 0.253 e. The number of aromatic nitrogens is 2. The molecule has 33 heavy (non-hydrogen) atoms. The molecular weight excluding hydrogens is 462 g/mol. The van der Waals surface area contributed by atoms with Crippen LogP contribution in [0.2, 0.25) is 0 Å². The molecule has 11 heteroatoms. The van der Waals surface area contributed by atoms with Crippen molar-refractivity contribution in [3.63, 3.8) is 0 Å². The Morgan fingerprint density at radius 2 is 2.09 bits per heavy atom. The largest absolute Gasteiger partial charge is 0.497 e. The number of hydrazone groups is 1. The lowest BCUT2D eigenvalue weighted by Gasteiger charge is -2.19. The Morgan fingerprint density at radius 3 is 2.88 bits per heavy atom. The van der Waals surface area contributed by atoms with Crippen LogP contribution in [-0.2, 0) is 4.79 Å². The first-order chi connectivity index (χ1) is 16.2. The number of carbonyl (C=O) groups is 1. The fraction of sp³-hybridized carbons (Fsp3) is 0.182. The molecule has 0 radical (unpaired) electrons. The number of amides is 1. The lowest BCUT2D eigenvalue weighted by molar-refractivity contribution is -0.130.